The highest BCUT2D eigenvalue weighted by Gasteiger charge is 2.39. The summed E-state index contributed by atoms with van der Waals surface area (Å²) in [5.41, 5.74) is -1.44. The lowest BCUT2D eigenvalue weighted by molar-refractivity contribution is -0.137. The first-order chi connectivity index (χ1) is 16.6. The Hall–Kier alpha value is -3.05. The van der Waals surface area contributed by atoms with E-state index >= 15 is 0 Å². The largest absolute Gasteiger partial charge is 0.416 e. The molecule has 2 aromatic rings. The molecule has 1 aromatic carbocycles. The lowest BCUT2D eigenvalue weighted by atomic mass is 9.79. The second-order valence-corrected chi connectivity index (χ2v) is 9.18. The van der Waals surface area contributed by atoms with Crippen molar-refractivity contribution in [3.05, 3.63) is 59.4 Å². The zero-order chi connectivity index (χ0) is 25.1. The Labute approximate surface area is 200 Å². The van der Waals surface area contributed by atoms with Crippen LogP contribution in [0, 0.1) is 0 Å². The first kappa shape index (κ1) is 25.1. The molecular weight excluding hydrogens is 463 g/mol. The highest BCUT2D eigenvalue weighted by molar-refractivity contribution is 5.96. The zero-order valence-electron chi connectivity index (χ0n) is 19.1. The van der Waals surface area contributed by atoms with E-state index in [1.165, 1.54) is 6.07 Å². The van der Waals surface area contributed by atoms with E-state index in [4.69, 9.17) is 0 Å². The molecule has 1 atom stereocenters. The first-order valence-electron chi connectivity index (χ1n) is 11.6. The molecule has 0 spiro atoms. The van der Waals surface area contributed by atoms with Gasteiger partial charge in [0, 0.05) is 36.9 Å². The van der Waals surface area contributed by atoms with E-state index in [1.54, 1.807) is 18.3 Å². The van der Waals surface area contributed by atoms with Gasteiger partial charge in [-0.05, 0) is 62.4 Å². The molecule has 2 amide bonds. The molecule has 3 N–H and O–H groups in total. The van der Waals surface area contributed by atoms with Crippen LogP contribution in [0.3, 0.4) is 0 Å². The summed E-state index contributed by atoms with van der Waals surface area (Å²) in [5, 5.41) is 24.1. The number of hydrogen-bond acceptors (Lipinski definition) is 6. The minimum Gasteiger partial charge on any atom is -0.383 e. The van der Waals surface area contributed by atoms with Crippen LogP contribution in [-0.4, -0.2) is 63.7 Å². The van der Waals surface area contributed by atoms with Crippen molar-refractivity contribution in [1.82, 2.24) is 25.7 Å². The highest BCUT2D eigenvalue weighted by atomic mass is 19.4. The Balaban J connectivity index is 1.21. The van der Waals surface area contributed by atoms with Crippen molar-refractivity contribution in [3.8, 4) is 0 Å². The third-order valence-corrected chi connectivity index (χ3v) is 6.79. The number of hydrogen-bond donors (Lipinski definition) is 3. The number of aromatic nitrogens is 2. The van der Waals surface area contributed by atoms with Crippen LogP contribution in [-0.2, 0) is 16.6 Å². The number of carbonyl (C=O) groups excluding carboxylic acids is 2. The zero-order valence-corrected chi connectivity index (χ0v) is 19.1. The van der Waals surface area contributed by atoms with E-state index in [-0.39, 0.29) is 18.2 Å². The molecule has 2 fully saturated rings. The summed E-state index contributed by atoms with van der Waals surface area (Å²) in [6.45, 7) is 1.16. The third kappa shape index (κ3) is 6.15. The van der Waals surface area contributed by atoms with Crippen molar-refractivity contribution >= 4 is 11.8 Å². The maximum Gasteiger partial charge on any atom is 0.416 e. The Morgan fingerprint density at radius 2 is 1.91 bits per heavy atom. The number of likely N-dealkylation sites (tertiary alicyclic amines) is 1. The van der Waals surface area contributed by atoms with Crippen LogP contribution < -0.4 is 10.6 Å². The normalized spacial score (nSPS) is 25.3. The van der Waals surface area contributed by atoms with Crippen molar-refractivity contribution in [2.75, 3.05) is 19.6 Å². The molecule has 35 heavy (non-hydrogen) atoms. The van der Waals surface area contributed by atoms with Crippen molar-refractivity contribution in [1.29, 1.82) is 0 Å². The number of benzene rings is 1. The van der Waals surface area contributed by atoms with Gasteiger partial charge in [-0.1, -0.05) is 6.07 Å². The molecule has 1 aromatic heterocycles. The van der Waals surface area contributed by atoms with Gasteiger partial charge in [-0.25, -0.2) is 0 Å². The third-order valence-electron chi connectivity index (χ3n) is 6.79. The maximum absolute atomic E-state index is 12.8. The van der Waals surface area contributed by atoms with E-state index in [0.29, 0.717) is 31.1 Å². The number of nitrogens with zero attached hydrogens (tertiary/aromatic N) is 3. The molecule has 2 heterocycles. The van der Waals surface area contributed by atoms with Gasteiger partial charge in [-0.3, -0.25) is 14.5 Å². The lowest BCUT2D eigenvalue weighted by Crippen LogP contribution is -2.45. The van der Waals surface area contributed by atoms with Gasteiger partial charge in [0.05, 0.1) is 17.8 Å². The molecule has 1 aliphatic carbocycles. The smallest absolute Gasteiger partial charge is 0.383 e. The number of halogens is 3. The Bertz CT molecular complexity index is 1040. The van der Waals surface area contributed by atoms with Crippen molar-refractivity contribution in [2.24, 2.45) is 0 Å². The molecule has 4 rings (SSSR count). The van der Waals surface area contributed by atoms with E-state index in [1.807, 2.05) is 0 Å². The minimum atomic E-state index is -4.55. The van der Waals surface area contributed by atoms with E-state index in [0.717, 1.165) is 44.0 Å². The average Bonchev–Trinajstić information content (AvgIpc) is 3.31. The molecule has 2 aliphatic rings. The molecule has 1 saturated heterocycles. The van der Waals surface area contributed by atoms with Crippen molar-refractivity contribution in [3.63, 3.8) is 0 Å². The van der Waals surface area contributed by atoms with Gasteiger partial charge < -0.3 is 15.7 Å². The fourth-order valence-electron chi connectivity index (χ4n) is 4.87. The predicted octanol–water partition coefficient (Wildman–Crippen LogP) is 2.25. The molecule has 8 nitrogen and oxygen atoms in total. The molecule has 1 aliphatic heterocycles. The van der Waals surface area contributed by atoms with Crippen LogP contribution in [0.4, 0.5) is 13.2 Å². The average molecular weight is 492 g/mol. The molecule has 188 valence electrons. The highest BCUT2D eigenvalue weighted by Crippen LogP contribution is 2.38. The summed E-state index contributed by atoms with van der Waals surface area (Å²) >= 11 is 0. The fraction of sp³-hybridized carbons (Fsp3) is 0.500. The Morgan fingerprint density at radius 3 is 2.60 bits per heavy atom. The van der Waals surface area contributed by atoms with E-state index < -0.39 is 29.2 Å². The molecule has 0 unspecified atom stereocenters. The van der Waals surface area contributed by atoms with Gasteiger partial charge in [0.15, 0.2) is 0 Å². The van der Waals surface area contributed by atoms with Crippen LogP contribution >= 0.6 is 0 Å². The van der Waals surface area contributed by atoms with Crippen LogP contribution in [0.25, 0.3) is 0 Å². The number of aliphatic hydroxyl groups is 1. The number of amides is 2. The van der Waals surface area contributed by atoms with Crippen molar-refractivity contribution in [2.45, 2.75) is 56.0 Å². The summed E-state index contributed by atoms with van der Waals surface area (Å²) in [5.74, 6) is -1.13. The number of nitrogens with one attached hydrogen (secondary N) is 2. The lowest BCUT2D eigenvalue weighted by Gasteiger charge is -2.39. The molecule has 1 saturated carbocycles. The number of rotatable bonds is 6. The second kappa shape index (κ2) is 10.3. The molecular formula is C24H28F3N5O3. The van der Waals surface area contributed by atoms with Gasteiger partial charge >= 0.3 is 6.18 Å². The maximum atomic E-state index is 12.8. The standard InChI is InChI=1S/C24H28F3N5O3/c25-24(26,27)17-4-1-3-16(13-17)22(34)28-14-21(33)30-18-8-12-32(15-18)19-6-9-23(35,10-7-19)20-5-2-11-29-31-20/h1-5,11,13,18-19,35H,6-10,12,14-15H2,(H,28,34)(H,30,33)/t18-,19?,23?/m1/s1. The molecule has 11 heteroatoms. The number of alkyl halides is 3. The predicted molar refractivity (Wildman–Crippen MR) is 120 cm³/mol. The second-order valence-electron chi connectivity index (χ2n) is 9.18. The van der Waals surface area contributed by atoms with Gasteiger partial charge in [0.1, 0.15) is 5.60 Å². The molecule has 0 radical (unpaired) electrons. The quantitative estimate of drug-likeness (QED) is 0.572. The first-order valence-corrected chi connectivity index (χ1v) is 11.6. The number of carbonyl (C=O) groups is 2. The SMILES string of the molecule is O=C(CNC(=O)c1cccc(C(F)(F)F)c1)N[C@@H]1CCN(C2CCC(O)(c3cccnn3)CC2)C1. The summed E-state index contributed by atoms with van der Waals surface area (Å²) < 4.78 is 38.5. The van der Waals surface area contributed by atoms with Crippen LogP contribution in [0.5, 0.6) is 0 Å². The van der Waals surface area contributed by atoms with Gasteiger partial charge in [0.2, 0.25) is 5.91 Å². The summed E-state index contributed by atoms with van der Waals surface area (Å²) in [7, 11) is 0. The monoisotopic (exact) mass is 491 g/mol. The molecule has 0 bridgehead atoms. The van der Waals surface area contributed by atoms with Gasteiger partial charge in [0.25, 0.3) is 5.91 Å². The van der Waals surface area contributed by atoms with E-state index in [2.05, 4.69) is 25.7 Å². The van der Waals surface area contributed by atoms with Crippen LogP contribution in [0.15, 0.2) is 42.6 Å². The summed E-state index contributed by atoms with van der Waals surface area (Å²) in [4.78, 5) is 26.8. The van der Waals surface area contributed by atoms with Crippen LogP contribution in [0.1, 0.15) is 53.7 Å². The Morgan fingerprint density at radius 1 is 1.14 bits per heavy atom. The fourth-order valence-corrected chi connectivity index (χ4v) is 4.87. The summed E-state index contributed by atoms with van der Waals surface area (Å²) in [6.07, 6.45) is 0.583. The summed E-state index contributed by atoms with van der Waals surface area (Å²) in [6, 6.07) is 7.86. The van der Waals surface area contributed by atoms with Crippen LogP contribution in [0.2, 0.25) is 0 Å². The Kier molecular flexibility index (Phi) is 7.36. The van der Waals surface area contributed by atoms with Gasteiger partial charge in [-0.15, -0.1) is 0 Å². The minimum absolute atomic E-state index is 0.0752. The van der Waals surface area contributed by atoms with E-state index in [9.17, 15) is 27.9 Å². The topological polar surface area (TPSA) is 107 Å². The van der Waals surface area contributed by atoms with Crippen molar-refractivity contribution < 1.29 is 27.9 Å². The van der Waals surface area contributed by atoms with Gasteiger partial charge in [-0.2, -0.15) is 23.4 Å².